The van der Waals surface area contributed by atoms with Crippen LogP contribution in [0.1, 0.15) is 142 Å². The second kappa shape index (κ2) is 18.2. The average Bonchev–Trinajstić information content (AvgIpc) is 2.81. The topological polar surface area (TPSA) is 37.3 Å². The quantitative estimate of drug-likeness (QED) is 0.192. The summed E-state index contributed by atoms with van der Waals surface area (Å²) in [6, 6.07) is 9.86. The molecule has 2 unspecified atom stereocenters. The van der Waals surface area contributed by atoms with E-state index in [0.29, 0.717) is 5.92 Å². The maximum absolute atomic E-state index is 12.2. The summed E-state index contributed by atoms with van der Waals surface area (Å²) in [5, 5.41) is 10.0. The molecule has 1 aromatic carbocycles. The fraction of sp³-hybridized carbons (Fsp3) is 0.767. The number of hydrogen-bond donors (Lipinski definition) is 1. The molecule has 0 radical (unpaired) electrons. The van der Waals surface area contributed by atoms with Gasteiger partial charge < -0.3 is 5.11 Å². The summed E-state index contributed by atoms with van der Waals surface area (Å²) in [5.41, 5.74) is 0.165. The molecule has 0 saturated heterocycles. The van der Waals surface area contributed by atoms with Crippen LogP contribution < -0.4 is 0 Å². The molecule has 0 heterocycles. The van der Waals surface area contributed by atoms with E-state index in [4.69, 9.17) is 0 Å². The molecule has 0 saturated carbocycles. The molecule has 1 aromatic rings. The Bertz CT molecular complexity index is 567. The van der Waals surface area contributed by atoms with Gasteiger partial charge in [-0.15, -0.1) is 0 Å². The van der Waals surface area contributed by atoms with Crippen molar-refractivity contribution >= 4 is 5.97 Å². The Morgan fingerprint density at radius 1 is 0.719 bits per heavy atom. The van der Waals surface area contributed by atoms with E-state index in [-0.39, 0.29) is 0 Å². The number of carboxylic acids is 1. The van der Waals surface area contributed by atoms with Gasteiger partial charge in [0, 0.05) is 0 Å². The molecular formula is C30H52O2. The molecule has 184 valence electrons. The molecule has 32 heavy (non-hydrogen) atoms. The number of hydrogen-bond acceptors (Lipinski definition) is 1. The highest BCUT2D eigenvalue weighted by molar-refractivity contribution is 5.80. The fourth-order valence-corrected chi connectivity index (χ4v) is 4.89. The van der Waals surface area contributed by atoms with E-state index in [1.807, 2.05) is 37.3 Å². The first-order chi connectivity index (χ1) is 15.5. The minimum Gasteiger partial charge on any atom is -0.481 e. The zero-order chi connectivity index (χ0) is 23.5. The van der Waals surface area contributed by atoms with E-state index in [2.05, 4.69) is 13.8 Å². The van der Waals surface area contributed by atoms with Gasteiger partial charge in [0.15, 0.2) is 0 Å². The van der Waals surface area contributed by atoms with Crippen molar-refractivity contribution in [1.82, 2.24) is 0 Å². The molecule has 0 bridgehead atoms. The fourth-order valence-electron chi connectivity index (χ4n) is 4.89. The van der Waals surface area contributed by atoms with Crippen LogP contribution >= 0.6 is 0 Å². The molecule has 0 fully saturated rings. The standard InChI is InChI=1S/C30H52O2/c1-4-6-8-10-12-13-15-18-22-27(21-17-14-11-9-7-5-2)25-26-30(3,29(31)32)28-23-19-16-20-24-28/h16,19-20,23-24,27H,4-15,17-18,21-22,25-26H2,1-3H3,(H,31,32). The van der Waals surface area contributed by atoms with Crippen LogP contribution in [-0.4, -0.2) is 11.1 Å². The monoisotopic (exact) mass is 444 g/mol. The molecule has 0 aliphatic rings. The maximum atomic E-state index is 12.2. The minimum absolute atomic E-state index is 0.670. The van der Waals surface area contributed by atoms with Gasteiger partial charge in [0.1, 0.15) is 0 Å². The third-order valence-corrected chi connectivity index (χ3v) is 7.37. The van der Waals surface area contributed by atoms with Crippen LogP contribution in [-0.2, 0) is 10.2 Å². The highest BCUT2D eigenvalue weighted by Gasteiger charge is 2.35. The van der Waals surface area contributed by atoms with Crippen LogP contribution in [0.4, 0.5) is 0 Å². The highest BCUT2D eigenvalue weighted by atomic mass is 16.4. The van der Waals surface area contributed by atoms with Gasteiger partial charge in [-0.1, -0.05) is 147 Å². The molecule has 0 aliphatic heterocycles. The van der Waals surface area contributed by atoms with E-state index < -0.39 is 11.4 Å². The van der Waals surface area contributed by atoms with Crippen molar-refractivity contribution in [2.75, 3.05) is 0 Å². The maximum Gasteiger partial charge on any atom is 0.313 e. The van der Waals surface area contributed by atoms with Crippen LogP contribution in [0.3, 0.4) is 0 Å². The molecular weight excluding hydrogens is 392 g/mol. The third kappa shape index (κ3) is 12.1. The summed E-state index contributed by atoms with van der Waals surface area (Å²) in [5.74, 6) is -0.0160. The second-order valence-electron chi connectivity index (χ2n) is 10.2. The molecule has 0 spiro atoms. The summed E-state index contributed by atoms with van der Waals surface area (Å²) >= 11 is 0. The summed E-state index contributed by atoms with van der Waals surface area (Å²) in [6.07, 6.45) is 23.2. The SMILES string of the molecule is CCCCCCCCCCC(CCCCCCCC)CCC(C)(C(=O)O)c1ccccc1. The molecule has 2 atom stereocenters. The van der Waals surface area contributed by atoms with Gasteiger partial charge in [-0.25, -0.2) is 0 Å². The van der Waals surface area contributed by atoms with Gasteiger partial charge in [0.25, 0.3) is 0 Å². The molecule has 1 rings (SSSR count). The van der Waals surface area contributed by atoms with Crippen LogP contribution in [0.15, 0.2) is 30.3 Å². The zero-order valence-electron chi connectivity index (χ0n) is 21.5. The number of carbonyl (C=O) groups is 1. The summed E-state index contributed by atoms with van der Waals surface area (Å²) in [4.78, 5) is 12.2. The minimum atomic E-state index is -0.778. The Hall–Kier alpha value is -1.31. The van der Waals surface area contributed by atoms with Gasteiger partial charge in [-0.2, -0.15) is 0 Å². The number of aliphatic carboxylic acids is 1. The normalized spacial score (nSPS) is 14.2. The lowest BCUT2D eigenvalue weighted by Gasteiger charge is -2.28. The molecule has 2 heteroatoms. The van der Waals surface area contributed by atoms with Gasteiger partial charge in [-0.3, -0.25) is 4.79 Å². The molecule has 0 aliphatic carbocycles. The van der Waals surface area contributed by atoms with E-state index in [1.165, 1.54) is 103 Å². The Morgan fingerprint density at radius 2 is 1.16 bits per heavy atom. The summed E-state index contributed by atoms with van der Waals surface area (Å²) < 4.78 is 0. The molecule has 2 nitrogen and oxygen atoms in total. The molecule has 0 aromatic heterocycles. The van der Waals surface area contributed by atoms with Crippen molar-refractivity contribution in [2.45, 2.75) is 142 Å². The average molecular weight is 445 g/mol. The van der Waals surface area contributed by atoms with Crippen molar-refractivity contribution in [1.29, 1.82) is 0 Å². The van der Waals surface area contributed by atoms with Crippen molar-refractivity contribution in [2.24, 2.45) is 5.92 Å². The summed E-state index contributed by atoms with van der Waals surface area (Å²) in [6.45, 7) is 6.46. The van der Waals surface area contributed by atoms with Crippen LogP contribution in [0, 0.1) is 5.92 Å². The Balaban J connectivity index is 2.52. The third-order valence-electron chi connectivity index (χ3n) is 7.37. The van der Waals surface area contributed by atoms with Crippen LogP contribution in [0.25, 0.3) is 0 Å². The Labute approximate surface area is 199 Å². The lowest BCUT2D eigenvalue weighted by molar-refractivity contribution is -0.143. The molecule has 1 N–H and O–H groups in total. The first kappa shape index (κ1) is 28.7. The van der Waals surface area contributed by atoms with Gasteiger partial charge in [-0.05, 0) is 31.2 Å². The largest absolute Gasteiger partial charge is 0.481 e. The number of rotatable bonds is 21. The van der Waals surface area contributed by atoms with Gasteiger partial charge in [0.2, 0.25) is 0 Å². The first-order valence-electron chi connectivity index (χ1n) is 13.8. The van der Waals surface area contributed by atoms with Crippen molar-refractivity contribution in [3.63, 3.8) is 0 Å². The van der Waals surface area contributed by atoms with Crippen molar-refractivity contribution < 1.29 is 9.90 Å². The predicted octanol–water partition coefficient (Wildman–Crippen LogP) is 9.71. The first-order valence-corrected chi connectivity index (χ1v) is 13.8. The number of carboxylic acid groups (broad SMARTS) is 1. The van der Waals surface area contributed by atoms with Crippen molar-refractivity contribution in [3.05, 3.63) is 35.9 Å². The Kier molecular flexibility index (Phi) is 16.3. The van der Waals surface area contributed by atoms with Crippen molar-refractivity contribution in [3.8, 4) is 0 Å². The van der Waals surface area contributed by atoms with E-state index >= 15 is 0 Å². The van der Waals surface area contributed by atoms with Crippen LogP contribution in [0.2, 0.25) is 0 Å². The van der Waals surface area contributed by atoms with E-state index in [1.54, 1.807) is 0 Å². The van der Waals surface area contributed by atoms with Crippen LogP contribution in [0.5, 0.6) is 0 Å². The second-order valence-corrected chi connectivity index (χ2v) is 10.2. The summed E-state index contributed by atoms with van der Waals surface area (Å²) in [7, 11) is 0. The van der Waals surface area contributed by atoms with Gasteiger partial charge in [0.05, 0.1) is 5.41 Å². The smallest absolute Gasteiger partial charge is 0.313 e. The zero-order valence-corrected chi connectivity index (χ0v) is 21.5. The molecule has 0 amide bonds. The number of benzene rings is 1. The highest BCUT2D eigenvalue weighted by Crippen LogP contribution is 2.33. The van der Waals surface area contributed by atoms with Gasteiger partial charge >= 0.3 is 5.97 Å². The predicted molar refractivity (Wildman–Crippen MR) is 139 cm³/mol. The van der Waals surface area contributed by atoms with E-state index in [0.717, 1.165) is 18.4 Å². The lowest BCUT2D eigenvalue weighted by atomic mass is 9.75. The lowest BCUT2D eigenvalue weighted by Crippen LogP contribution is -2.33. The van der Waals surface area contributed by atoms with E-state index in [9.17, 15) is 9.90 Å². The number of unbranched alkanes of at least 4 members (excludes halogenated alkanes) is 12. The Morgan fingerprint density at radius 3 is 1.59 bits per heavy atom.